The number of para-hydroxylation sites is 1. The van der Waals surface area contributed by atoms with Crippen molar-refractivity contribution >= 4 is 45.6 Å². The summed E-state index contributed by atoms with van der Waals surface area (Å²) in [6.07, 6.45) is 1.39. The molecule has 1 N–H and O–H groups in total. The van der Waals surface area contributed by atoms with E-state index < -0.39 is 11.9 Å². The molecular weight excluding hydrogens is 600 g/mol. The molecule has 4 rings (SSSR count). The Morgan fingerprint density at radius 1 is 0.875 bits per heavy atom. The van der Waals surface area contributed by atoms with Crippen molar-refractivity contribution in [1.82, 2.24) is 5.43 Å². The van der Waals surface area contributed by atoms with Gasteiger partial charge < -0.3 is 18.9 Å². The van der Waals surface area contributed by atoms with E-state index in [2.05, 4.69) is 26.5 Å². The molecule has 40 heavy (non-hydrogen) atoms. The van der Waals surface area contributed by atoms with Gasteiger partial charge in [-0.3, -0.25) is 4.79 Å². The number of halogens is 2. The number of hydrogen-bond donors (Lipinski definition) is 1. The van der Waals surface area contributed by atoms with Crippen molar-refractivity contribution in [3.8, 4) is 23.0 Å². The fourth-order valence-electron chi connectivity index (χ4n) is 3.58. The Labute approximate surface area is 244 Å². The molecular formula is C30H24BrClN2O6. The van der Waals surface area contributed by atoms with E-state index in [1.54, 1.807) is 66.7 Å². The van der Waals surface area contributed by atoms with E-state index in [-0.39, 0.29) is 17.9 Å². The summed E-state index contributed by atoms with van der Waals surface area (Å²) in [5.74, 6) is 0.457. The highest BCUT2D eigenvalue weighted by Crippen LogP contribution is 2.29. The van der Waals surface area contributed by atoms with Crippen molar-refractivity contribution in [2.45, 2.75) is 6.61 Å². The molecule has 0 atom stereocenters. The van der Waals surface area contributed by atoms with E-state index in [9.17, 15) is 9.59 Å². The highest BCUT2D eigenvalue weighted by molar-refractivity contribution is 9.10. The van der Waals surface area contributed by atoms with E-state index in [1.807, 2.05) is 12.1 Å². The number of hydrazone groups is 1. The first-order valence-corrected chi connectivity index (χ1v) is 13.1. The number of methoxy groups -OCH3 is 2. The zero-order chi connectivity index (χ0) is 28.5. The Bertz CT molecular complexity index is 1540. The third-order valence-corrected chi connectivity index (χ3v) is 6.35. The number of esters is 1. The molecule has 0 radical (unpaired) electrons. The van der Waals surface area contributed by atoms with Crippen molar-refractivity contribution in [3.05, 3.63) is 117 Å². The largest absolute Gasteiger partial charge is 0.493 e. The Morgan fingerprint density at radius 2 is 1.60 bits per heavy atom. The van der Waals surface area contributed by atoms with Crippen LogP contribution in [0.2, 0.25) is 5.02 Å². The Balaban J connectivity index is 1.45. The predicted octanol–water partition coefficient (Wildman–Crippen LogP) is 6.68. The normalized spacial score (nSPS) is 10.7. The lowest BCUT2D eigenvalue weighted by Crippen LogP contribution is -2.19. The van der Waals surface area contributed by atoms with Crippen molar-refractivity contribution in [3.63, 3.8) is 0 Å². The van der Waals surface area contributed by atoms with Gasteiger partial charge in [0.05, 0.1) is 31.6 Å². The van der Waals surface area contributed by atoms with E-state index in [4.69, 9.17) is 30.5 Å². The lowest BCUT2D eigenvalue weighted by atomic mass is 10.2. The van der Waals surface area contributed by atoms with Crippen LogP contribution in [0, 0.1) is 0 Å². The van der Waals surface area contributed by atoms with Gasteiger partial charge in [0.25, 0.3) is 5.91 Å². The molecule has 8 nitrogen and oxygen atoms in total. The third kappa shape index (κ3) is 7.40. The smallest absolute Gasteiger partial charge is 0.343 e. The summed E-state index contributed by atoms with van der Waals surface area (Å²) in [5, 5.41) is 4.71. The van der Waals surface area contributed by atoms with E-state index in [0.29, 0.717) is 33.4 Å². The second-order valence-corrected chi connectivity index (χ2v) is 9.60. The van der Waals surface area contributed by atoms with Crippen LogP contribution in [0.4, 0.5) is 0 Å². The molecule has 0 saturated heterocycles. The highest BCUT2D eigenvalue weighted by Gasteiger charge is 2.16. The number of carbonyl (C=O) groups excluding carboxylic acids is 2. The van der Waals surface area contributed by atoms with Crippen LogP contribution in [-0.2, 0) is 6.61 Å². The van der Waals surface area contributed by atoms with Gasteiger partial charge >= 0.3 is 5.97 Å². The first kappa shape index (κ1) is 28.7. The SMILES string of the molecule is COc1ccc(C(=O)Oc2ccc(Br)cc2C=NNC(=O)c2ccccc2OCc2ccc(Cl)cc2)cc1OC. The van der Waals surface area contributed by atoms with Gasteiger partial charge in [-0.2, -0.15) is 5.10 Å². The van der Waals surface area contributed by atoms with Crippen LogP contribution in [0.1, 0.15) is 31.8 Å². The van der Waals surface area contributed by atoms with Crippen LogP contribution in [0.15, 0.2) is 94.5 Å². The minimum atomic E-state index is -0.603. The quantitative estimate of drug-likeness (QED) is 0.0916. The molecule has 0 aliphatic rings. The fourth-order valence-corrected chi connectivity index (χ4v) is 4.08. The van der Waals surface area contributed by atoms with Crippen molar-refractivity contribution < 1.29 is 28.5 Å². The molecule has 0 aliphatic carbocycles. The minimum Gasteiger partial charge on any atom is -0.493 e. The van der Waals surface area contributed by atoms with Gasteiger partial charge in [0, 0.05) is 15.1 Å². The van der Waals surface area contributed by atoms with Crippen LogP contribution in [0.3, 0.4) is 0 Å². The molecule has 1 amide bonds. The molecule has 10 heteroatoms. The Morgan fingerprint density at radius 3 is 2.35 bits per heavy atom. The molecule has 0 aliphatic heterocycles. The van der Waals surface area contributed by atoms with Gasteiger partial charge in [-0.05, 0) is 66.2 Å². The number of carbonyl (C=O) groups is 2. The van der Waals surface area contributed by atoms with E-state index in [0.717, 1.165) is 10.0 Å². The number of amides is 1. The second kappa shape index (κ2) is 13.6. The third-order valence-electron chi connectivity index (χ3n) is 5.60. The van der Waals surface area contributed by atoms with Gasteiger partial charge in [0.15, 0.2) is 11.5 Å². The van der Waals surface area contributed by atoms with Crippen molar-refractivity contribution in [1.29, 1.82) is 0 Å². The number of nitrogens with zero attached hydrogens (tertiary/aromatic N) is 1. The van der Waals surface area contributed by atoms with Gasteiger partial charge in [0.2, 0.25) is 0 Å². The topological polar surface area (TPSA) is 95.5 Å². The summed E-state index contributed by atoms with van der Waals surface area (Å²) in [4.78, 5) is 25.7. The fraction of sp³-hybridized carbons (Fsp3) is 0.100. The van der Waals surface area contributed by atoms with Crippen LogP contribution >= 0.6 is 27.5 Å². The predicted molar refractivity (Wildman–Crippen MR) is 156 cm³/mol. The van der Waals surface area contributed by atoms with E-state index in [1.165, 1.54) is 26.5 Å². The summed E-state index contributed by atoms with van der Waals surface area (Å²) in [6.45, 7) is 0.261. The lowest BCUT2D eigenvalue weighted by Gasteiger charge is -2.11. The summed E-state index contributed by atoms with van der Waals surface area (Å²) in [7, 11) is 2.99. The van der Waals surface area contributed by atoms with Gasteiger partial charge in [0.1, 0.15) is 18.1 Å². The minimum absolute atomic E-state index is 0.243. The standard InChI is InChI=1S/C30H24BrClN2O6/c1-37-27-13-9-20(16-28(27)38-2)30(36)40-25-14-10-22(31)15-21(25)17-33-34-29(35)24-5-3-4-6-26(24)39-18-19-7-11-23(32)12-8-19/h3-17H,18H2,1-2H3,(H,34,35). The van der Waals surface area contributed by atoms with Crippen LogP contribution in [0.25, 0.3) is 0 Å². The maximum absolute atomic E-state index is 12.9. The highest BCUT2D eigenvalue weighted by atomic mass is 79.9. The Hall–Kier alpha value is -4.34. The number of rotatable bonds is 10. The second-order valence-electron chi connectivity index (χ2n) is 8.25. The molecule has 4 aromatic rings. The number of ether oxygens (including phenoxy) is 4. The summed E-state index contributed by atoms with van der Waals surface area (Å²) < 4.78 is 22.7. The molecule has 0 bridgehead atoms. The number of hydrogen-bond acceptors (Lipinski definition) is 7. The van der Waals surface area contributed by atoms with E-state index >= 15 is 0 Å². The summed E-state index contributed by atoms with van der Waals surface area (Å²) >= 11 is 9.34. The summed E-state index contributed by atoms with van der Waals surface area (Å²) in [6, 6.07) is 23.9. The van der Waals surface area contributed by atoms with Crippen LogP contribution in [0.5, 0.6) is 23.0 Å². The lowest BCUT2D eigenvalue weighted by molar-refractivity contribution is 0.0733. The molecule has 0 spiro atoms. The molecule has 0 aromatic heterocycles. The zero-order valence-corrected chi connectivity index (χ0v) is 23.9. The number of benzene rings is 4. The molecule has 204 valence electrons. The number of nitrogens with one attached hydrogen (secondary N) is 1. The molecule has 4 aromatic carbocycles. The monoisotopic (exact) mass is 622 g/mol. The molecule has 0 fully saturated rings. The maximum atomic E-state index is 12.9. The Kier molecular flexibility index (Phi) is 9.77. The molecule has 0 unspecified atom stereocenters. The van der Waals surface area contributed by atoms with Gasteiger partial charge in [-0.1, -0.05) is 51.8 Å². The van der Waals surface area contributed by atoms with Gasteiger partial charge in [-0.25, -0.2) is 10.2 Å². The van der Waals surface area contributed by atoms with Crippen molar-refractivity contribution in [2.75, 3.05) is 14.2 Å². The average Bonchev–Trinajstić information content (AvgIpc) is 2.97. The van der Waals surface area contributed by atoms with Crippen molar-refractivity contribution in [2.24, 2.45) is 5.10 Å². The maximum Gasteiger partial charge on any atom is 0.343 e. The van der Waals surface area contributed by atoms with Crippen LogP contribution in [-0.4, -0.2) is 32.3 Å². The molecule has 0 heterocycles. The zero-order valence-electron chi connectivity index (χ0n) is 21.5. The average molecular weight is 624 g/mol. The van der Waals surface area contributed by atoms with Gasteiger partial charge in [-0.15, -0.1) is 0 Å². The summed E-state index contributed by atoms with van der Waals surface area (Å²) in [5.41, 5.74) is 4.44. The van der Waals surface area contributed by atoms with Crippen LogP contribution < -0.4 is 24.4 Å². The molecule has 0 saturated carbocycles. The first-order valence-electron chi connectivity index (χ1n) is 11.9. The first-order chi connectivity index (χ1) is 19.4.